The molecule has 0 radical (unpaired) electrons. The van der Waals surface area contributed by atoms with Gasteiger partial charge in [0.2, 0.25) is 10.0 Å². The van der Waals surface area contributed by atoms with Gasteiger partial charge in [-0.1, -0.05) is 30.1 Å². The minimum absolute atomic E-state index is 0.0261. The zero-order valence-electron chi connectivity index (χ0n) is 22.8. The van der Waals surface area contributed by atoms with Crippen molar-refractivity contribution in [2.24, 2.45) is 0 Å². The van der Waals surface area contributed by atoms with Crippen LogP contribution >= 0.6 is 23.2 Å². The number of sulfonamides is 1. The number of nitrogens with zero attached hydrogens (tertiary/aromatic N) is 2. The first-order chi connectivity index (χ1) is 19.9. The number of aromatic amines is 1. The van der Waals surface area contributed by atoms with Crippen molar-refractivity contribution in [2.75, 3.05) is 25.1 Å². The number of hydrogen-bond donors (Lipinski definition) is 2. The summed E-state index contributed by atoms with van der Waals surface area (Å²) in [7, 11) is -7.33. The third-order valence-corrected chi connectivity index (χ3v) is 10.1. The molecule has 0 unspecified atom stereocenters. The topological polar surface area (TPSA) is 148 Å². The molecule has 11 nitrogen and oxygen atoms in total. The van der Waals surface area contributed by atoms with Gasteiger partial charge in [-0.05, 0) is 49.2 Å². The largest absolute Gasteiger partial charge is 0.573 e. The molecule has 1 fully saturated rings. The summed E-state index contributed by atoms with van der Waals surface area (Å²) in [6.07, 6.45) is -3.11. The van der Waals surface area contributed by atoms with Crippen LogP contribution in [0.2, 0.25) is 10.0 Å². The highest BCUT2D eigenvalue weighted by Gasteiger charge is 2.34. The van der Waals surface area contributed by atoms with Gasteiger partial charge in [0.05, 0.1) is 39.4 Å². The Kier molecular flexibility index (Phi) is 9.59. The van der Waals surface area contributed by atoms with Crippen LogP contribution < -0.4 is 20.7 Å². The van der Waals surface area contributed by atoms with E-state index < -0.39 is 61.2 Å². The van der Waals surface area contributed by atoms with Gasteiger partial charge >= 0.3 is 12.1 Å². The van der Waals surface area contributed by atoms with E-state index in [0.29, 0.717) is 24.0 Å². The Hall–Kier alpha value is -2.63. The van der Waals surface area contributed by atoms with Crippen molar-refractivity contribution in [1.29, 1.82) is 0 Å². The number of hydrogen-bond acceptors (Lipinski definition) is 8. The predicted molar refractivity (Wildman–Crippen MR) is 155 cm³/mol. The maximum Gasteiger partial charge on any atom is 0.573 e. The Balaban J connectivity index is 1.83. The number of aromatic nitrogens is 2. The summed E-state index contributed by atoms with van der Waals surface area (Å²) >= 11 is 12.6. The van der Waals surface area contributed by atoms with E-state index in [-0.39, 0.29) is 50.4 Å². The van der Waals surface area contributed by atoms with Gasteiger partial charge in [0.15, 0.2) is 9.84 Å². The van der Waals surface area contributed by atoms with Crippen molar-refractivity contribution in [3.05, 3.63) is 66.3 Å². The van der Waals surface area contributed by atoms with Crippen LogP contribution in [-0.4, -0.2) is 68.8 Å². The summed E-state index contributed by atoms with van der Waals surface area (Å²) in [5, 5.41) is -0.645. The molecule has 2 heterocycles. The summed E-state index contributed by atoms with van der Waals surface area (Å²) in [5.74, 6) is -1.06. The van der Waals surface area contributed by atoms with Crippen LogP contribution in [-0.2, 0) is 33.0 Å². The second-order valence-electron chi connectivity index (χ2n) is 10.1. The van der Waals surface area contributed by atoms with Gasteiger partial charge in [-0.15, -0.1) is 13.2 Å². The van der Waals surface area contributed by atoms with Gasteiger partial charge in [0.1, 0.15) is 5.75 Å². The van der Waals surface area contributed by atoms with E-state index in [0.717, 1.165) is 12.3 Å². The Bertz CT molecular complexity index is 1900. The van der Waals surface area contributed by atoms with E-state index in [1.54, 1.807) is 4.90 Å². The van der Waals surface area contributed by atoms with Crippen LogP contribution in [0.25, 0.3) is 10.9 Å². The molecule has 1 atom stereocenters. The molecular weight excluding hydrogens is 660 g/mol. The van der Waals surface area contributed by atoms with Crippen LogP contribution in [0.4, 0.5) is 13.2 Å². The first kappa shape index (κ1) is 33.3. The highest BCUT2D eigenvalue weighted by molar-refractivity contribution is 7.91. The summed E-state index contributed by atoms with van der Waals surface area (Å²) < 4.78 is 96.4. The molecule has 0 spiro atoms. The van der Waals surface area contributed by atoms with E-state index in [1.807, 2.05) is 0 Å². The average molecular weight is 688 g/mol. The molecule has 3 aromatic rings. The van der Waals surface area contributed by atoms with Crippen LogP contribution in [0.5, 0.6) is 5.75 Å². The fourth-order valence-electron chi connectivity index (χ4n) is 5.00. The lowest BCUT2D eigenvalue weighted by Gasteiger charge is -2.33. The molecule has 0 saturated carbocycles. The quantitative estimate of drug-likeness (QED) is 0.349. The highest BCUT2D eigenvalue weighted by Crippen LogP contribution is 2.37. The summed E-state index contributed by atoms with van der Waals surface area (Å²) in [6, 6.07) is 4.18. The van der Waals surface area contributed by atoms with E-state index in [1.165, 1.54) is 25.1 Å². The third kappa shape index (κ3) is 7.91. The standard InChI is InChI=1S/C25H27Cl2F3N4O7S2/c1-3-43(39,40)20-7-6-15(26)9-14(20)11-34-23(35)17-10-19(41-25(28,29)30)18(21(27)22(17)31-24(34)36)13-33-8-4-5-16(12-33)32-42(2,37)38/h6-7,9-10,16,32H,3-5,8,11-13H2,1-2H3,(H,31,36)/t16-/m1/s1. The van der Waals surface area contributed by atoms with Gasteiger partial charge in [-0.2, -0.15) is 0 Å². The Labute approximate surface area is 254 Å². The molecule has 1 aliphatic rings. The summed E-state index contributed by atoms with van der Waals surface area (Å²) in [6.45, 7) is 1.21. The zero-order valence-corrected chi connectivity index (χ0v) is 25.9. The lowest BCUT2D eigenvalue weighted by Crippen LogP contribution is -2.47. The molecule has 43 heavy (non-hydrogen) atoms. The molecule has 0 amide bonds. The Morgan fingerprint density at radius 3 is 2.44 bits per heavy atom. The molecular formula is C25H27Cl2F3N4O7S2. The highest BCUT2D eigenvalue weighted by atomic mass is 35.5. The third-order valence-electron chi connectivity index (χ3n) is 6.84. The Morgan fingerprint density at radius 2 is 1.81 bits per heavy atom. The monoisotopic (exact) mass is 686 g/mol. The Morgan fingerprint density at radius 1 is 1.12 bits per heavy atom. The lowest BCUT2D eigenvalue weighted by molar-refractivity contribution is -0.274. The van der Waals surface area contributed by atoms with Crippen molar-refractivity contribution in [2.45, 2.75) is 50.2 Å². The van der Waals surface area contributed by atoms with Crippen molar-refractivity contribution >= 4 is 54.0 Å². The van der Waals surface area contributed by atoms with Gasteiger partial charge in [0, 0.05) is 29.7 Å². The number of alkyl halides is 3. The number of piperidine rings is 1. The number of nitrogens with one attached hydrogen (secondary N) is 2. The molecule has 1 saturated heterocycles. The van der Waals surface area contributed by atoms with E-state index in [9.17, 15) is 39.6 Å². The normalized spacial score (nSPS) is 17.0. The molecule has 2 N–H and O–H groups in total. The van der Waals surface area contributed by atoms with Gasteiger partial charge in [-0.3, -0.25) is 14.3 Å². The number of H-pyrrole nitrogens is 1. The predicted octanol–water partition coefficient (Wildman–Crippen LogP) is 3.25. The number of halogens is 5. The SMILES string of the molecule is CCS(=O)(=O)c1ccc(Cl)cc1Cn1c(=O)[nH]c2c(Cl)c(CN3CCC[C@@H](NS(C)(=O)=O)C3)c(OC(F)(F)F)cc2c1=O. The van der Waals surface area contributed by atoms with Crippen molar-refractivity contribution in [3.8, 4) is 5.75 Å². The van der Waals surface area contributed by atoms with Gasteiger partial charge < -0.3 is 9.72 Å². The second-order valence-corrected chi connectivity index (χ2v) is 14.9. The average Bonchev–Trinajstić information content (AvgIpc) is 2.88. The van der Waals surface area contributed by atoms with Crippen molar-refractivity contribution in [1.82, 2.24) is 19.2 Å². The van der Waals surface area contributed by atoms with E-state index in [2.05, 4.69) is 14.4 Å². The number of sulfone groups is 1. The van der Waals surface area contributed by atoms with Crippen LogP contribution in [0.15, 0.2) is 38.8 Å². The minimum Gasteiger partial charge on any atom is -0.405 e. The number of rotatable bonds is 9. The summed E-state index contributed by atoms with van der Waals surface area (Å²) in [5.41, 5.74) is -2.43. The summed E-state index contributed by atoms with van der Waals surface area (Å²) in [4.78, 5) is 30.5. The number of likely N-dealkylation sites (tertiary alicyclic amines) is 1. The number of benzene rings is 2. The minimum atomic E-state index is -5.17. The first-order valence-electron chi connectivity index (χ1n) is 12.8. The maximum atomic E-state index is 13.5. The second kappa shape index (κ2) is 12.4. The molecule has 1 aliphatic heterocycles. The molecule has 4 rings (SSSR count). The molecule has 2 aromatic carbocycles. The van der Waals surface area contributed by atoms with Gasteiger partial charge in [-0.25, -0.2) is 26.4 Å². The fourth-order valence-corrected chi connectivity index (χ4v) is 7.40. The molecule has 18 heteroatoms. The number of ether oxygens (including phenoxy) is 1. The fraction of sp³-hybridized carbons (Fsp3) is 0.440. The van der Waals surface area contributed by atoms with Crippen LogP contribution in [0.3, 0.4) is 0 Å². The van der Waals surface area contributed by atoms with Crippen LogP contribution in [0.1, 0.15) is 30.9 Å². The van der Waals surface area contributed by atoms with E-state index in [4.69, 9.17) is 23.2 Å². The van der Waals surface area contributed by atoms with Crippen molar-refractivity contribution < 1.29 is 34.7 Å². The first-order valence-corrected chi connectivity index (χ1v) is 17.1. The van der Waals surface area contributed by atoms with E-state index >= 15 is 0 Å². The molecule has 0 bridgehead atoms. The molecule has 0 aliphatic carbocycles. The molecule has 1 aromatic heterocycles. The lowest BCUT2D eigenvalue weighted by atomic mass is 10.0. The maximum absolute atomic E-state index is 13.5. The number of fused-ring (bicyclic) bond motifs is 1. The van der Waals surface area contributed by atoms with Crippen molar-refractivity contribution in [3.63, 3.8) is 0 Å². The van der Waals surface area contributed by atoms with Crippen LogP contribution in [0, 0.1) is 0 Å². The van der Waals surface area contributed by atoms with Gasteiger partial charge in [0.25, 0.3) is 5.56 Å². The smallest absolute Gasteiger partial charge is 0.405 e. The molecule has 236 valence electrons. The zero-order chi connectivity index (χ0) is 31.9.